The highest BCUT2D eigenvalue weighted by molar-refractivity contribution is 5.62. The highest BCUT2D eigenvalue weighted by atomic mass is 15.1. The molecule has 1 aliphatic heterocycles. The number of benzene rings is 1. The molecule has 3 heterocycles. The molecule has 0 bridgehead atoms. The molecule has 0 spiro atoms. The fourth-order valence-corrected chi connectivity index (χ4v) is 3.33. The lowest BCUT2D eigenvalue weighted by atomic mass is 10.1. The lowest BCUT2D eigenvalue weighted by Crippen LogP contribution is -2.17. The van der Waals surface area contributed by atoms with Crippen molar-refractivity contribution in [2.45, 2.75) is 38.8 Å². The van der Waals surface area contributed by atoms with Crippen molar-refractivity contribution in [2.24, 2.45) is 0 Å². The molecule has 5 heteroatoms. The molecule has 2 N–H and O–H groups in total. The summed E-state index contributed by atoms with van der Waals surface area (Å²) in [6.07, 6.45) is 8.79. The van der Waals surface area contributed by atoms with E-state index in [1.807, 2.05) is 24.4 Å². The smallest absolute Gasteiger partial charge is 0.108 e. The molecule has 4 rings (SSSR count). The van der Waals surface area contributed by atoms with Gasteiger partial charge in [-0.15, -0.1) is 0 Å². The minimum atomic E-state index is 0.814. The number of imidazole rings is 1. The zero-order valence-electron chi connectivity index (χ0n) is 13.8. The van der Waals surface area contributed by atoms with Crippen LogP contribution in [0.15, 0.2) is 42.7 Å². The molecule has 0 amide bonds. The summed E-state index contributed by atoms with van der Waals surface area (Å²) in [6.45, 7) is 2.87. The summed E-state index contributed by atoms with van der Waals surface area (Å²) in [7, 11) is 0. The van der Waals surface area contributed by atoms with Gasteiger partial charge in [-0.25, -0.2) is 4.98 Å². The molecule has 5 nitrogen and oxygen atoms in total. The van der Waals surface area contributed by atoms with Crippen LogP contribution in [0.25, 0.3) is 11.3 Å². The SMILES string of the molecule is c1ccc(-c2[nH]ncc2CNCCc2cn3c(n2)CCCC3)cc1. The van der Waals surface area contributed by atoms with Gasteiger partial charge in [-0.05, 0) is 18.4 Å². The molecule has 3 aromatic rings. The first-order valence-electron chi connectivity index (χ1n) is 8.73. The summed E-state index contributed by atoms with van der Waals surface area (Å²) < 4.78 is 2.32. The van der Waals surface area contributed by atoms with Crippen molar-refractivity contribution >= 4 is 0 Å². The molecule has 0 atom stereocenters. The minimum Gasteiger partial charge on any atom is -0.335 e. The number of nitrogens with zero attached hydrogens (tertiary/aromatic N) is 3. The van der Waals surface area contributed by atoms with E-state index < -0.39 is 0 Å². The lowest BCUT2D eigenvalue weighted by Gasteiger charge is -2.11. The van der Waals surface area contributed by atoms with E-state index in [0.717, 1.165) is 38.2 Å². The molecule has 0 aliphatic carbocycles. The van der Waals surface area contributed by atoms with Gasteiger partial charge in [-0.1, -0.05) is 30.3 Å². The topological polar surface area (TPSA) is 58.5 Å². The number of H-pyrrole nitrogens is 1. The van der Waals surface area contributed by atoms with E-state index in [9.17, 15) is 0 Å². The van der Waals surface area contributed by atoms with Crippen molar-refractivity contribution in [3.05, 3.63) is 59.8 Å². The van der Waals surface area contributed by atoms with Crippen molar-refractivity contribution in [1.29, 1.82) is 0 Å². The Morgan fingerprint density at radius 1 is 1.17 bits per heavy atom. The van der Waals surface area contributed by atoms with Crippen molar-refractivity contribution in [3.8, 4) is 11.3 Å². The summed E-state index contributed by atoms with van der Waals surface area (Å²) in [4.78, 5) is 4.75. The van der Waals surface area contributed by atoms with E-state index in [1.54, 1.807) is 0 Å². The fourth-order valence-electron chi connectivity index (χ4n) is 3.33. The monoisotopic (exact) mass is 321 g/mol. The first kappa shape index (κ1) is 15.1. The number of fused-ring (bicyclic) bond motifs is 1. The van der Waals surface area contributed by atoms with Gasteiger partial charge in [0, 0.05) is 44.2 Å². The molecule has 0 radical (unpaired) electrons. The Kier molecular flexibility index (Phi) is 4.42. The number of hydrogen-bond donors (Lipinski definition) is 2. The average molecular weight is 321 g/mol. The quantitative estimate of drug-likeness (QED) is 0.686. The van der Waals surface area contributed by atoms with Crippen LogP contribution < -0.4 is 5.32 Å². The van der Waals surface area contributed by atoms with Crippen LogP contribution in [-0.4, -0.2) is 26.3 Å². The van der Waals surface area contributed by atoms with Crippen LogP contribution in [0.2, 0.25) is 0 Å². The van der Waals surface area contributed by atoms with Crippen LogP contribution in [0.3, 0.4) is 0 Å². The highest BCUT2D eigenvalue weighted by Crippen LogP contribution is 2.20. The first-order chi connectivity index (χ1) is 11.9. The molecule has 124 valence electrons. The van der Waals surface area contributed by atoms with E-state index >= 15 is 0 Å². The molecule has 24 heavy (non-hydrogen) atoms. The third-order valence-corrected chi connectivity index (χ3v) is 4.61. The van der Waals surface area contributed by atoms with Gasteiger partial charge in [0.2, 0.25) is 0 Å². The number of aryl methyl sites for hydroxylation is 2. The Labute approximate surface area is 142 Å². The molecule has 1 aromatic carbocycles. The molecule has 1 aliphatic rings. The predicted molar refractivity (Wildman–Crippen MR) is 94.6 cm³/mol. The number of nitrogens with one attached hydrogen (secondary N) is 2. The lowest BCUT2D eigenvalue weighted by molar-refractivity contribution is 0.522. The van der Waals surface area contributed by atoms with Crippen molar-refractivity contribution in [3.63, 3.8) is 0 Å². The molecule has 0 saturated carbocycles. The summed E-state index contributed by atoms with van der Waals surface area (Å²) in [5.41, 5.74) is 4.68. The van der Waals surface area contributed by atoms with Gasteiger partial charge in [0.25, 0.3) is 0 Å². The Balaban J connectivity index is 1.32. The molecule has 0 fully saturated rings. The van der Waals surface area contributed by atoms with Crippen LogP contribution in [0.1, 0.15) is 29.9 Å². The van der Waals surface area contributed by atoms with Crippen LogP contribution in [-0.2, 0) is 25.9 Å². The Morgan fingerprint density at radius 2 is 2.08 bits per heavy atom. The molecule has 0 unspecified atom stereocenters. The normalized spacial score (nSPS) is 13.8. The van der Waals surface area contributed by atoms with E-state index in [4.69, 9.17) is 4.98 Å². The minimum absolute atomic E-state index is 0.814. The zero-order chi connectivity index (χ0) is 16.2. The third-order valence-electron chi connectivity index (χ3n) is 4.61. The van der Waals surface area contributed by atoms with E-state index in [1.165, 1.54) is 35.5 Å². The van der Waals surface area contributed by atoms with Crippen LogP contribution in [0.4, 0.5) is 0 Å². The number of aromatic nitrogens is 4. The fraction of sp³-hybridized carbons (Fsp3) is 0.368. The van der Waals surface area contributed by atoms with Gasteiger partial charge in [0.1, 0.15) is 5.82 Å². The zero-order valence-corrected chi connectivity index (χ0v) is 13.8. The summed E-state index contributed by atoms with van der Waals surface area (Å²) in [5.74, 6) is 1.26. The highest BCUT2D eigenvalue weighted by Gasteiger charge is 2.12. The second-order valence-electron chi connectivity index (χ2n) is 6.36. The first-order valence-corrected chi connectivity index (χ1v) is 8.73. The van der Waals surface area contributed by atoms with Gasteiger partial charge in [-0.2, -0.15) is 5.10 Å². The maximum absolute atomic E-state index is 4.75. The maximum Gasteiger partial charge on any atom is 0.108 e. The molecule has 0 saturated heterocycles. The van der Waals surface area contributed by atoms with Crippen molar-refractivity contribution in [2.75, 3.05) is 6.54 Å². The summed E-state index contributed by atoms with van der Waals surface area (Å²) in [6, 6.07) is 10.3. The Hall–Kier alpha value is -2.40. The Bertz CT molecular complexity index is 764. The standard InChI is InChI=1S/C19H23N5/c1-2-6-15(7-3-1)19-16(13-21-23-19)12-20-10-9-17-14-24-11-5-4-8-18(24)22-17/h1-3,6-7,13-14,20H,4-5,8-12H2,(H,21,23). The number of aromatic amines is 1. The maximum atomic E-state index is 4.75. The largest absolute Gasteiger partial charge is 0.335 e. The van der Waals surface area contributed by atoms with Gasteiger partial charge in [0.05, 0.1) is 17.6 Å². The third kappa shape index (κ3) is 3.26. The van der Waals surface area contributed by atoms with E-state index in [2.05, 4.69) is 38.4 Å². The number of rotatable bonds is 6. The van der Waals surface area contributed by atoms with Crippen LogP contribution in [0, 0.1) is 0 Å². The number of hydrogen-bond acceptors (Lipinski definition) is 3. The van der Waals surface area contributed by atoms with Crippen molar-refractivity contribution in [1.82, 2.24) is 25.1 Å². The van der Waals surface area contributed by atoms with Gasteiger partial charge < -0.3 is 9.88 Å². The molecular weight excluding hydrogens is 298 g/mol. The van der Waals surface area contributed by atoms with Crippen LogP contribution >= 0.6 is 0 Å². The predicted octanol–water partition coefficient (Wildman–Crippen LogP) is 2.94. The molecular formula is C19H23N5. The second kappa shape index (κ2) is 7.01. The average Bonchev–Trinajstić information content (AvgIpc) is 3.25. The second-order valence-corrected chi connectivity index (χ2v) is 6.36. The Morgan fingerprint density at radius 3 is 2.96 bits per heavy atom. The summed E-state index contributed by atoms with van der Waals surface area (Å²) >= 11 is 0. The van der Waals surface area contributed by atoms with Crippen molar-refractivity contribution < 1.29 is 0 Å². The van der Waals surface area contributed by atoms with Gasteiger partial charge in [-0.3, -0.25) is 5.10 Å². The van der Waals surface area contributed by atoms with E-state index in [-0.39, 0.29) is 0 Å². The summed E-state index contributed by atoms with van der Waals surface area (Å²) in [5, 5.41) is 10.8. The van der Waals surface area contributed by atoms with Gasteiger partial charge >= 0.3 is 0 Å². The molecule has 2 aromatic heterocycles. The van der Waals surface area contributed by atoms with Gasteiger partial charge in [0.15, 0.2) is 0 Å². The van der Waals surface area contributed by atoms with Crippen LogP contribution in [0.5, 0.6) is 0 Å². The van der Waals surface area contributed by atoms with E-state index in [0.29, 0.717) is 0 Å².